The summed E-state index contributed by atoms with van der Waals surface area (Å²) in [5, 5.41) is 2.90. The minimum Gasteiger partial charge on any atom is -0.340 e. The van der Waals surface area contributed by atoms with Gasteiger partial charge in [-0.15, -0.1) is 0 Å². The van der Waals surface area contributed by atoms with Crippen molar-refractivity contribution >= 4 is 23.6 Å². The van der Waals surface area contributed by atoms with Crippen molar-refractivity contribution in [3.63, 3.8) is 0 Å². The fraction of sp³-hybridized carbons (Fsp3) is 0.857. The Morgan fingerprint density at radius 1 is 1.37 bits per heavy atom. The summed E-state index contributed by atoms with van der Waals surface area (Å²) in [4.78, 5) is 26.7. The Balaban J connectivity index is 2.99. The van der Waals surface area contributed by atoms with Crippen LogP contribution in [0.5, 0.6) is 0 Å². The maximum atomic E-state index is 12.7. The average Bonchev–Trinajstić information content (AvgIpc) is 2.39. The van der Waals surface area contributed by atoms with Gasteiger partial charge < -0.3 is 10.2 Å². The summed E-state index contributed by atoms with van der Waals surface area (Å²) in [6.07, 6.45) is 1.29. The zero-order valence-electron chi connectivity index (χ0n) is 12.7. The number of nitrogens with one attached hydrogen (secondary N) is 1. The van der Waals surface area contributed by atoms with Crippen molar-refractivity contribution in [3.05, 3.63) is 0 Å². The topological polar surface area (TPSA) is 49.4 Å². The van der Waals surface area contributed by atoms with Crippen LogP contribution in [-0.4, -0.2) is 45.8 Å². The average molecular weight is 286 g/mol. The third-order valence-electron chi connectivity index (χ3n) is 3.88. The summed E-state index contributed by atoms with van der Waals surface area (Å²) >= 11 is 1.81. The molecule has 4 nitrogen and oxygen atoms in total. The van der Waals surface area contributed by atoms with Crippen LogP contribution in [0.15, 0.2) is 0 Å². The molecule has 1 aliphatic rings. The van der Waals surface area contributed by atoms with E-state index < -0.39 is 5.54 Å². The van der Waals surface area contributed by atoms with E-state index in [0.717, 1.165) is 11.5 Å². The van der Waals surface area contributed by atoms with Gasteiger partial charge in [0.25, 0.3) is 0 Å². The molecule has 1 saturated heterocycles. The normalized spacial score (nSPS) is 29.3. The van der Waals surface area contributed by atoms with Crippen LogP contribution >= 0.6 is 11.8 Å². The summed E-state index contributed by atoms with van der Waals surface area (Å²) in [5.41, 5.74) is -0.742. The lowest BCUT2D eigenvalue weighted by molar-refractivity contribution is -0.156. The van der Waals surface area contributed by atoms with Gasteiger partial charge in [0.15, 0.2) is 0 Å². The Morgan fingerprint density at radius 3 is 2.47 bits per heavy atom. The third kappa shape index (κ3) is 3.25. The second kappa shape index (κ2) is 6.64. The van der Waals surface area contributed by atoms with Crippen molar-refractivity contribution in [2.75, 3.05) is 11.5 Å². The largest absolute Gasteiger partial charge is 0.340 e. The molecule has 110 valence electrons. The maximum Gasteiger partial charge on any atom is 0.248 e. The predicted molar refractivity (Wildman–Crippen MR) is 80.2 cm³/mol. The molecule has 0 aromatic rings. The Bertz CT molecular complexity index is 348. The molecular weight excluding hydrogens is 260 g/mol. The van der Waals surface area contributed by atoms with E-state index >= 15 is 0 Å². The number of carbonyl (C=O) groups excluding carboxylic acids is 2. The fourth-order valence-corrected chi connectivity index (χ4v) is 3.20. The van der Waals surface area contributed by atoms with Crippen LogP contribution < -0.4 is 5.32 Å². The maximum absolute atomic E-state index is 12.7. The summed E-state index contributed by atoms with van der Waals surface area (Å²) in [6, 6.07) is -0.223. The van der Waals surface area contributed by atoms with Crippen LogP contribution in [0.4, 0.5) is 0 Å². The highest BCUT2D eigenvalue weighted by atomic mass is 32.2. The fourth-order valence-electron chi connectivity index (χ4n) is 2.46. The van der Waals surface area contributed by atoms with Crippen LogP contribution in [0.3, 0.4) is 0 Å². The molecule has 1 heterocycles. The van der Waals surface area contributed by atoms with Gasteiger partial charge in [-0.25, -0.2) is 0 Å². The highest BCUT2D eigenvalue weighted by molar-refractivity contribution is 7.99. The summed E-state index contributed by atoms with van der Waals surface area (Å²) < 4.78 is 0. The predicted octanol–water partition coefficient (Wildman–Crippen LogP) is 2.03. The number of carbonyl (C=O) groups is 2. The standard InChI is InChI=1S/C14H26N2O2S/c1-6-11-12(17)15-14(5,7-2)13(18)16(11)10(4)9-19-8-3/h10-11H,6-9H2,1-5H3,(H,15,17). The highest BCUT2D eigenvalue weighted by Gasteiger charge is 2.47. The van der Waals surface area contributed by atoms with E-state index in [1.165, 1.54) is 0 Å². The number of thioether (sulfide) groups is 1. The quantitative estimate of drug-likeness (QED) is 0.813. The molecule has 0 saturated carbocycles. The number of amides is 2. The number of hydrogen-bond acceptors (Lipinski definition) is 3. The van der Waals surface area contributed by atoms with Crippen LogP contribution in [-0.2, 0) is 9.59 Å². The van der Waals surface area contributed by atoms with Crippen LogP contribution in [0, 0.1) is 0 Å². The van der Waals surface area contributed by atoms with E-state index in [4.69, 9.17) is 0 Å². The van der Waals surface area contributed by atoms with Crippen molar-refractivity contribution in [1.82, 2.24) is 10.2 Å². The van der Waals surface area contributed by atoms with Crippen LogP contribution in [0.25, 0.3) is 0 Å². The monoisotopic (exact) mass is 286 g/mol. The lowest BCUT2D eigenvalue weighted by atomic mass is 9.90. The summed E-state index contributed by atoms with van der Waals surface area (Å²) in [6.45, 7) is 9.87. The molecule has 3 unspecified atom stereocenters. The molecule has 0 spiro atoms. The Labute approximate surface area is 120 Å². The Hall–Kier alpha value is -0.710. The van der Waals surface area contributed by atoms with E-state index in [9.17, 15) is 9.59 Å². The number of hydrogen-bond donors (Lipinski definition) is 1. The first-order chi connectivity index (χ1) is 8.91. The van der Waals surface area contributed by atoms with Gasteiger partial charge in [-0.05, 0) is 32.4 Å². The molecule has 2 amide bonds. The molecule has 1 aliphatic heterocycles. The van der Waals surface area contributed by atoms with Gasteiger partial charge in [0.05, 0.1) is 0 Å². The molecule has 1 rings (SSSR count). The van der Waals surface area contributed by atoms with Gasteiger partial charge in [0, 0.05) is 11.8 Å². The molecule has 0 aliphatic carbocycles. The second-order valence-corrected chi connectivity index (χ2v) is 6.64. The van der Waals surface area contributed by atoms with E-state index in [2.05, 4.69) is 12.2 Å². The van der Waals surface area contributed by atoms with Crippen LogP contribution in [0.2, 0.25) is 0 Å². The molecule has 19 heavy (non-hydrogen) atoms. The Morgan fingerprint density at radius 2 is 2.00 bits per heavy atom. The van der Waals surface area contributed by atoms with E-state index in [1.54, 1.807) is 0 Å². The van der Waals surface area contributed by atoms with Gasteiger partial charge in [0.1, 0.15) is 11.6 Å². The molecule has 3 atom stereocenters. The first-order valence-corrected chi connectivity index (χ1v) is 8.29. The van der Waals surface area contributed by atoms with Gasteiger partial charge in [-0.2, -0.15) is 11.8 Å². The minimum atomic E-state index is -0.742. The van der Waals surface area contributed by atoms with Gasteiger partial charge in [0.2, 0.25) is 11.8 Å². The van der Waals surface area contributed by atoms with E-state index in [-0.39, 0.29) is 23.9 Å². The van der Waals surface area contributed by atoms with Gasteiger partial charge in [-0.1, -0.05) is 20.8 Å². The lowest BCUT2D eigenvalue weighted by Gasteiger charge is -2.46. The van der Waals surface area contributed by atoms with Gasteiger partial charge in [-0.3, -0.25) is 9.59 Å². The summed E-state index contributed by atoms with van der Waals surface area (Å²) in [7, 11) is 0. The SMILES string of the molecule is CCSCC(C)N1C(=O)C(C)(CC)NC(=O)C1CC. The van der Waals surface area contributed by atoms with Crippen molar-refractivity contribution in [2.45, 2.75) is 65.1 Å². The number of piperazine rings is 1. The van der Waals surface area contributed by atoms with Crippen molar-refractivity contribution < 1.29 is 9.59 Å². The highest BCUT2D eigenvalue weighted by Crippen LogP contribution is 2.26. The second-order valence-electron chi connectivity index (χ2n) is 5.32. The third-order valence-corrected chi connectivity index (χ3v) is 5.00. The number of nitrogens with zero attached hydrogens (tertiary/aromatic N) is 1. The van der Waals surface area contributed by atoms with E-state index in [0.29, 0.717) is 12.8 Å². The minimum absolute atomic E-state index is 0.0141. The van der Waals surface area contributed by atoms with Crippen LogP contribution in [0.1, 0.15) is 47.5 Å². The molecule has 1 fully saturated rings. The van der Waals surface area contributed by atoms with E-state index in [1.807, 2.05) is 44.4 Å². The molecule has 0 aromatic carbocycles. The molecular formula is C14H26N2O2S. The van der Waals surface area contributed by atoms with Crippen molar-refractivity contribution in [3.8, 4) is 0 Å². The first-order valence-electron chi connectivity index (χ1n) is 7.13. The zero-order chi connectivity index (χ0) is 14.6. The first kappa shape index (κ1) is 16.3. The lowest BCUT2D eigenvalue weighted by Crippen LogP contribution is -2.70. The molecule has 0 bridgehead atoms. The Kier molecular flexibility index (Phi) is 5.71. The van der Waals surface area contributed by atoms with Crippen molar-refractivity contribution in [2.24, 2.45) is 0 Å². The zero-order valence-corrected chi connectivity index (χ0v) is 13.5. The van der Waals surface area contributed by atoms with Crippen molar-refractivity contribution in [1.29, 1.82) is 0 Å². The number of rotatable bonds is 6. The summed E-state index contributed by atoms with van der Waals surface area (Å²) in [5.74, 6) is 1.96. The molecule has 5 heteroatoms. The molecule has 1 N–H and O–H groups in total. The van der Waals surface area contributed by atoms with Gasteiger partial charge >= 0.3 is 0 Å². The smallest absolute Gasteiger partial charge is 0.248 e. The molecule has 0 radical (unpaired) electrons. The molecule has 0 aromatic heterocycles.